The number of H-pyrrole nitrogens is 1. The lowest BCUT2D eigenvalue weighted by atomic mass is 10.0. The SMILES string of the molecule is O=C(NCc1ccc2nccc(-c3cc[nH]c3)c2c1)c1cncn(Cc2ccc(F)c(F)c2)c1=O. The van der Waals surface area contributed by atoms with E-state index < -0.39 is 23.1 Å². The Morgan fingerprint density at radius 3 is 2.69 bits per heavy atom. The van der Waals surface area contributed by atoms with Gasteiger partial charge in [0.2, 0.25) is 0 Å². The highest BCUT2D eigenvalue weighted by atomic mass is 19.2. The summed E-state index contributed by atoms with van der Waals surface area (Å²) in [4.78, 5) is 37.0. The van der Waals surface area contributed by atoms with Crippen molar-refractivity contribution in [3.05, 3.63) is 118 Å². The number of amides is 1. The molecule has 0 radical (unpaired) electrons. The molecule has 1 amide bonds. The number of carbonyl (C=O) groups is 1. The van der Waals surface area contributed by atoms with E-state index in [-0.39, 0.29) is 18.7 Å². The van der Waals surface area contributed by atoms with Crippen molar-refractivity contribution in [2.24, 2.45) is 0 Å². The lowest BCUT2D eigenvalue weighted by molar-refractivity contribution is 0.0948. The molecule has 0 saturated carbocycles. The number of hydrogen-bond donors (Lipinski definition) is 2. The number of hydrogen-bond acceptors (Lipinski definition) is 4. The standard InChI is InChI=1S/C26H19F2N5O2/c27-22-3-1-17(10-23(22)28)14-33-15-30-13-21(26(33)35)25(34)32-11-16-2-4-24-20(9-16)19(6-8-31-24)18-5-7-29-12-18/h1-10,12-13,15,29H,11,14H2,(H,32,34). The number of fused-ring (bicyclic) bond motifs is 1. The molecule has 0 saturated heterocycles. The van der Waals surface area contributed by atoms with Gasteiger partial charge in [0.15, 0.2) is 11.6 Å². The average molecular weight is 471 g/mol. The second-order valence-electron chi connectivity index (χ2n) is 7.98. The zero-order valence-electron chi connectivity index (χ0n) is 18.3. The van der Waals surface area contributed by atoms with Crippen LogP contribution in [0.4, 0.5) is 8.78 Å². The van der Waals surface area contributed by atoms with Crippen LogP contribution in [0.25, 0.3) is 22.0 Å². The predicted octanol–water partition coefficient (Wildman–Crippen LogP) is 4.04. The summed E-state index contributed by atoms with van der Waals surface area (Å²) in [6.45, 7) is 0.136. The van der Waals surface area contributed by atoms with E-state index in [1.807, 2.05) is 42.7 Å². The molecule has 0 spiro atoms. The molecule has 9 heteroatoms. The van der Waals surface area contributed by atoms with Crippen LogP contribution >= 0.6 is 0 Å². The van der Waals surface area contributed by atoms with Gasteiger partial charge in [-0.1, -0.05) is 12.1 Å². The smallest absolute Gasteiger partial charge is 0.266 e. The van der Waals surface area contributed by atoms with Crippen molar-refractivity contribution in [1.29, 1.82) is 0 Å². The van der Waals surface area contributed by atoms with Crippen LogP contribution < -0.4 is 10.9 Å². The summed E-state index contributed by atoms with van der Waals surface area (Å²) in [6, 6.07) is 13.0. The molecule has 0 atom stereocenters. The van der Waals surface area contributed by atoms with Crippen LogP contribution in [-0.4, -0.2) is 25.4 Å². The first-order valence-electron chi connectivity index (χ1n) is 10.8. The molecule has 174 valence electrons. The van der Waals surface area contributed by atoms with Crippen LogP contribution in [0.15, 0.2) is 84.4 Å². The summed E-state index contributed by atoms with van der Waals surface area (Å²) in [5.74, 6) is -2.57. The highest BCUT2D eigenvalue weighted by Crippen LogP contribution is 2.27. The Hall–Kier alpha value is -4.66. The van der Waals surface area contributed by atoms with E-state index in [1.165, 1.54) is 23.2 Å². The number of carbonyl (C=O) groups excluding carboxylic acids is 1. The second-order valence-corrected chi connectivity index (χ2v) is 7.98. The van der Waals surface area contributed by atoms with Crippen molar-refractivity contribution in [3.63, 3.8) is 0 Å². The molecule has 0 aliphatic carbocycles. The molecule has 3 heterocycles. The van der Waals surface area contributed by atoms with Gasteiger partial charge >= 0.3 is 0 Å². The number of pyridine rings is 1. The number of nitrogens with zero attached hydrogens (tertiary/aromatic N) is 3. The molecule has 5 aromatic rings. The van der Waals surface area contributed by atoms with E-state index in [9.17, 15) is 18.4 Å². The van der Waals surface area contributed by atoms with Crippen LogP contribution in [0.2, 0.25) is 0 Å². The van der Waals surface area contributed by atoms with E-state index in [0.29, 0.717) is 5.56 Å². The minimum atomic E-state index is -1.01. The maximum Gasteiger partial charge on any atom is 0.266 e. The maximum absolute atomic E-state index is 13.5. The van der Waals surface area contributed by atoms with Gasteiger partial charge in [-0.3, -0.25) is 19.1 Å². The third-order valence-electron chi connectivity index (χ3n) is 5.65. The lowest BCUT2D eigenvalue weighted by Gasteiger charge is -2.10. The Balaban J connectivity index is 1.35. The molecule has 5 rings (SSSR count). The van der Waals surface area contributed by atoms with Crippen LogP contribution in [0.1, 0.15) is 21.5 Å². The Kier molecular flexibility index (Phi) is 5.88. The summed E-state index contributed by atoms with van der Waals surface area (Å²) in [5, 5.41) is 3.69. The van der Waals surface area contributed by atoms with Crippen LogP contribution in [0, 0.1) is 11.6 Å². The predicted molar refractivity (Wildman–Crippen MR) is 127 cm³/mol. The minimum absolute atomic E-state index is 0.0518. The Morgan fingerprint density at radius 2 is 1.89 bits per heavy atom. The molecule has 35 heavy (non-hydrogen) atoms. The van der Waals surface area contributed by atoms with Crippen molar-refractivity contribution in [2.75, 3.05) is 0 Å². The first-order chi connectivity index (χ1) is 17.0. The number of benzene rings is 2. The van der Waals surface area contributed by atoms with E-state index >= 15 is 0 Å². The largest absolute Gasteiger partial charge is 0.367 e. The van der Waals surface area contributed by atoms with Crippen molar-refractivity contribution >= 4 is 16.8 Å². The summed E-state index contributed by atoms with van der Waals surface area (Å²) >= 11 is 0. The molecular weight excluding hydrogens is 452 g/mol. The van der Waals surface area contributed by atoms with Gasteiger partial charge in [0.1, 0.15) is 5.56 Å². The number of aromatic amines is 1. The maximum atomic E-state index is 13.5. The Bertz CT molecular complexity index is 1600. The van der Waals surface area contributed by atoms with Gasteiger partial charge in [0.05, 0.1) is 18.4 Å². The normalized spacial score (nSPS) is 11.0. The van der Waals surface area contributed by atoms with Crippen molar-refractivity contribution in [3.8, 4) is 11.1 Å². The quantitative estimate of drug-likeness (QED) is 0.391. The summed E-state index contributed by atoms with van der Waals surface area (Å²) in [6.07, 6.45) is 7.93. The van der Waals surface area contributed by atoms with E-state index in [2.05, 4.69) is 20.3 Å². The molecule has 0 fully saturated rings. The molecule has 0 aliphatic heterocycles. The van der Waals surface area contributed by atoms with Crippen LogP contribution in [0.3, 0.4) is 0 Å². The van der Waals surface area contributed by atoms with Gasteiger partial charge in [-0.2, -0.15) is 0 Å². The van der Waals surface area contributed by atoms with Crippen LogP contribution in [0.5, 0.6) is 0 Å². The third kappa shape index (κ3) is 4.56. The fourth-order valence-electron chi connectivity index (χ4n) is 3.88. The molecule has 0 bridgehead atoms. The number of nitrogens with one attached hydrogen (secondary N) is 2. The van der Waals surface area contributed by atoms with E-state index in [0.717, 1.165) is 39.7 Å². The van der Waals surface area contributed by atoms with Crippen molar-refractivity contribution in [1.82, 2.24) is 24.8 Å². The van der Waals surface area contributed by atoms with Gasteiger partial charge in [0, 0.05) is 36.7 Å². The summed E-state index contributed by atoms with van der Waals surface area (Å²) in [7, 11) is 0. The van der Waals surface area contributed by atoms with Crippen molar-refractivity contribution < 1.29 is 13.6 Å². The number of halogens is 2. The number of rotatable bonds is 6. The van der Waals surface area contributed by atoms with Crippen LogP contribution in [-0.2, 0) is 13.1 Å². The first-order valence-corrected chi connectivity index (χ1v) is 10.8. The molecule has 2 N–H and O–H groups in total. The zero-order valence-corrected chi connectivity index (χ0v) is 18.3. The second kappa shape index (κ2) is 9.30. The van der Waals surface area contributed by atoms with Gasteiger partial charge in [-0.15, -0.1) is 0 Å². The topological polar surface area (TPSA) is 92.7 Å². The van der Waals surface area contributed by atoms with E-state index in [1.54, 1.807) is 6.20 Å². The fraction of sp³-hybridized carbons (Fsp3) is 0.0769. The summed E-state index contributed by atoms with van der Waals surface area (Å²) in [5.41, 5.74) is 3.33. The Labute approximate surface area is 198 Å². The fourth-order valence-corrected chi connectivity index (χ4v) is 3.88. The molecule has 2 aromatic carbocycles. The lowest BCUT2D eigenvalue weighted by Crippen LogP contribution is -2.33. The monoisotopic (exact) mass is 471 g/mol. The molecule has 0 unspecified atom stereocenters. The summed E-state index contributed by atoms with van der Waals surface area (Å²) < 4.78 is 27.9. The van der Waals surface area contributed by atoms with E-state index in [4.69, 9.17) is 0 Å². The van der Waals surface area contributed by atoms with Crippen molar-refractivity contribution in [2.45, 2.75) is 13.1 Å². The van der Waals surface area contributed by atoms with Gasteiger partial charge in [0.25, 0.3) is 11.5 Å². The van der Waals surface area contributed by atoms with Gasteiger partial charge < -0.3 is 10.3 Å². The minimum Gasteiger partial charge on any atom is -0.367 e. The first kappa shape index (κ1) is 22.1. The average Bonchev–Trinajstić information content (AvgIpc) is 3.40. The van der Waals surface area contributed by atoms with Gasteiger partial charge in [-0.05, 0) is 58.7 Å². The Morgan fingerprint density at radius 1 is 1.03 bits per heavy atom. The molecule has 0 aliphatic rings. The molecule has 3 aromatic heterocycles. The molecule has 7 nitrogen and oxygen atoms in total. The van der Waals surface area contributed by atoms with Gasteiger partial charge in [-0.25, -0.2) is 13.8 Å². The number of aromatic nitrogens is 4. The zero-order chi connectivity index (χ0) is 24.4. The third-order valence-corrected chi connectivity index (χ3v) is 5.65. The molecular formula is C26H19F2N5O2. The highest BCUT2D eigenvalue weighted by Gasteiger charge is 2.14. The highest BCUT2D eigenvalue weighted by molar-refractivity contribution is 5.95.